The van der Waals surface area contributed by atoms with Crippen molar-refractivity contribution in [2.24, 2.45) is 0 Å². The molecule has 0 aliphatic heterocycles. The van der Waals surface area contributed by atoms with Crippen molar-refractivity contribution < 1.29 is 9.13 Å². The summed E-state index contributed by atoms with van der Waals surface area (Å²) < 4.78 is 18.7. The minimum Gasteiger partial charge on any atom is -0.377 e. The van der Waals surface area contributed by atoms with Gasteiger partial charge in [0, 0.05) is 18.2 Å². The zero-order valence-corrected chi connectivity index (χ0v) is 10.7. The van der Waals surface area contributed by atoms with Crippen LogP contribution in [0.2, 0.25) is 0 Å². The molecule has 0 spiro atoms. The molecule has 0 bridgehead atoms. The van der Waals surface area contributed by atoms with Gasteiger partial charge in [0.1, 0.15) is 5.82 Å². The van der Waals surface area contributed by atoms with Crippen LogP contribution < -0.4 is 5.32 Å². The van der Waals surface area contributed by atoms with Crippen LogP contribution in [0, 0.1) is 5.82 Å². The fourth-order valence-electron chi connectivity index (χ4n) is 1.74. The van der Waals surface area contributed by atoms with Gasteiger partial charge in [-0.2, -0.15) is 0 Å². The summed E-state index contributed by atoms with van der Waals surface area (Å²) in [6, 6.07) is 7.27. The first kappa shape index (κ1) is 14.1. The van der Waals surface area contributed by atoms with E-state index in [0.29, 0.717) is 24.8 Å². The molecule has 0 aliphatic rings. The third kappa shape index (κ3) is 5.80. The molecule has 0 aromatic heterocycles. The molecule has 1 unspecified atom stereocenters. The van der Waals surface area contributed by atoms with E-state index in [1.807, 2.05) is 6.07 Å². The topological polar surface area (TPSA) is 21.3 Å². The zero-order valence-electron chi connectivity index (χ0n) is 10.7. The molecule has 96 valence electrons. The molecule has 0 fully saturated rings. The first-order chi connectivity index (χ1) is 8.24. The van der Waals surface area contributed by atoms with Gasteiger partial charge in [0.15, 0.2) is 0 Å². The van der Waals surface area contributed by atoms with Gasteiger partial charge < -0.3 is 10.1 Å². The van der Waals surface area contributed by atoms with Crippen molar-refractivity contribution in [3.63, 3.8) is 0 Å². The highest BCUT2D eigenvalue weighted by atomic mass is 19.1. The van der Waals surface area contributed by atoms with Crippen LogP contribution in [0.3, 0.4) is 0 Å². The van der Waals surface area contributed by atoms with Gasteiger partial charge >= 0.3 is 0 Å². The second-order valence-corrected chi connectivity index (χ2v) is 4.24. The number of rotatable bonds is 8. The number of nitrogens with one attached hydrogen (secondary N) is 1. The van der Waals surface area contributed by atoms with E-state index in [4.69, 9.17) is 4.74 Å². The van der Waals surface area contributed by atoms with Gasteiger partial charge in [-0.05, 0) is 32.4 Å². The van der Waals surface area contributed by atoms with Crippen molar-refractivity contribution >= 4 is 0 Å². The van der Waals surface area contributed by atoms with Gasteiger partial charge in [-0.1, -0.05) is 25.1 Å². The van der Waals surface area contributed by atoms with Gasteiger partial charge in [-0.3, -0.25) is 0 Å². The largest absolute Gasteiger partial charge is 0.377 e. The van der Waals surface area contributed by atoms with E-state index in [1.165, 1.54) is 6.07 Å². The Kier molecular flexibility index (Phi) is 6.82. The van der Waals surface area contributed by atoms with Gasteiger partial charge in [0.2, 0.25) is 0 Å². The van der Waals surface area contributed by atoms with Crippen molar-refractivity contribution in [1.82, 2.24) is 5.32 Å². The fourth-order valence-corrected chi connectivity index (χ4v) is 1.74. The van der Waals surface area contributed by atoms with Gasteiger partial charge in [-0.15, -0.1) is 0 Å². The Morgan fingerprint density at radius 3 is 2.82 bits per heavy atom. The van der Waals surface area contributed by atoms with Crippen LogP contribution in [0.5, 0.6) is 0 Å². The maximum atomic E-state index is 13.2. The SMILES string of the molecule is CCNC(C)CCCOCc1ccccc1F. The molecule has 1 aromatic carbocycles. The van der Waals surface area contributed by atoms with E-state index in [2.05, 4.69) is 19.2 Å². The molecule has 1 N–H and O–H groups in total. The second-order valence-electron chi connectivity index (χ2n) is 4.24. The molecule has 0 aliphatic carbocycles. The summed E-state index contributed by atoms with van der Waals surface area (Å²) in [6.07, 6.45) is 2.09. The molecule has 3 heteroatoms. The van der Waals surface area contributed by atoms with Gasteiger partial charge in [0.05, 0.1) is 6.61 Å². The smallest absolute Gasteiger partial charge is 0.128 e. The quantitative estimate of drug-likeness (QED) is 0.704. The maximum Gasteiger partial charge on any atom is 0.128 e. The monoisotopic (exact) mass is 239 g/mol. The molecule has 0 heterocycles. The third-order valence-corrected chi connectivity index (χ3v) is 2.69. The van der Waals surface area contributed by atoms with E-state index in [1.54, 1.807) is 12.1 Å². The van der Waals surface area contributed by atoms with E-state index in [0.717, 1.165) is 19.4 Å². The molecule has 17 heavy (non-hydrogen) atoms. The normalized spacial score (nSPS) is 12.6. The highest BCUT2D eigenvalue weighted by molar-refractivity contribution is 5.16. The predicted octanol–water partition coefficient (Wildman–Crippen LogP) is 3.12. The average molecular weight is 239 g/mol. The predicted molar refractivity (Wildman–Crippen MR) is 68.4 cm³/mol. The Hall–Kier alpha value is -0.930. The maximum absolute atomic E-state index is 13.2. The Morgan fingerprint density at radius 2 is 2.12 bits per heavy atom. The van der Waals surface area contributed by atoms with Crippen LogP contribution >= 0.6 is 0 Å². The standard InChI is InChI=1S/C14H22FNO/c1-3-16-12(2)7-6-10-17-11-13-8-4-5-9-14(13)15/h4-5,8-9,12,16H,3,6-7,10-11H2,1-2H3. The third-order valence-electron chi connectivity index (χ3n) is 2.69. The van der Waals surface area contributed by atoms with Gasteiger partial charge in [-0.25, -0.2) is 4.39 Å². The summed E-state index contributed by atoms with van der Waals surface area (Å²) >= 11 is 0. The number of ether oxygens (including phenoxy) is 1. The Balaban J connectivity index is 2.10. The van der Waals surface area contributed by atoms with Gasteiger partial charge in [0.25, 0.3) is 0 Å². The molecule has 0 radical (unpaired) electrons. The molecule has 2 nitrogen and oxygen atoms in total. The Labute approximate surface area is 103 Å². The summed E-state index contributed by atoms with van der Waals surface area (Å²) in [5.74, 6) is -0.187. The van der Waals surface area contributed by atoms with Crippen molar-refractivity contribution in [3.8, 4) is 0 Å². The van der Waals surface area contributed by atoms with Crippen LogP contribution in [-0.2, 0) is 11.3 Å². The van der Waals surface area contributed by atoms with Crippen LogP contribution in [0.1, 0.15) is 32.3 Å². The van der Waals surface area contributed by atoms with Crippen LogP contribution in [0.4, 0.5) is 4.39 Å². The molecule has 1 rings (SSSR count). The lowest BCUT2D eigenvalue weighted by molar-refractivity contribution is 0.113. The van der Waals surface area contributed by atoms with Crippen molar-refractivity contribution in [2.75, 3.05) is 13.2 Å². The highest BCUT2D eigenvalue weighted by Crippen LogP contribution is 2.08. The summed E-state index contributed by atoms with van der Waals surface area (Å²) in [5.41, 5.74) is 0.632. The van der Waals surface area contributed by atoms with E-state index >= 15 is 0 Å². The molecule has 0 saturated carbocycles. The summed E-state index contributed by atoms with van der Waals surface area (Å²) in [7, 11) is 0. The summed E-state index contributed by atoms with van der Waals surface area (Å²) in [6.45, 7) is 6.31. The molecule has 1 atom stereocenters. The number of halogens is 1. The zero-order chi connectivity index (χ0) is 12.5. The Bertz CT molecular complexity index is 317. The lowest BCUT2D eigenvalue weighted by atomic mass is 10.2. The van der Waals surface area contributed by atoms with Crippen LogP contribution in [0.15, 0.2) is 24.3 Å². The number of hydrogen-bond donors (Lipinski definition) is 1. The first-order valence-corrected chi connectivity index (χ1v) is 6.28. The van der Waals surface area contributed by atoms with Crippen LogP contribution in [-0.4, -0.2) is 19.2 Å². The molecular formula is C14H22FNO. The summed E-state index contributed by atoms with van der Waals surface area (Å²) in [5, 5.41) is 3.35. The second kappa shape index (κ2) is 8.20. The van der Waals surface area contributed by atoms with Crippen molar-refractivity contribution in [3.05, 3.63) is 35.6 Å². The lowest BCUT2D eigenvalue weighted by Crippen LogP contribution is -2.25. The Morgan fingerprint density at radius 1 is 1.35 bits per heavy atom. The van der Waals surface area contributed by atoms with E-state index < -0.39 is 0 Å². The lowest BCUT2D eigenvalue weighted by Gasteiger charge is -2.11. The molecule has 0 amide bonds. The number of hydrogen-bond acceptors (Lipinski definition) is 2. The first-order valence-electron chi connectivity index (χ1n) is 6.28. The summed E-state index contributed by atoms with van der Waals surface area (Å²) in [4.78, 5) is 0. The van der Waals surface area contributed by atoms with E-state index in [-0.39, 0.29) is 5.82 Å². The molecule has 1 aromatic rings. The minimum atomic E-state index is -0.187. The molecular weight excluding hydrogens is 217 g/mol. The average Bonchev–Trinajstić information content (AvgIpc) is 2.31. The minimum absolute atomic E-state index is 0.187. The van der Waals surface area contributed by atoms with E-state index in [9.17, 15) is 4.39 Å². The fraction of sp³-hybridized carbons (Fsp3) is 0.571. The van der Waals surface area contributed by atoms with Crippen LogP contribution in [0.25, 0.3) is 0 Å². The van der Waals surface area contributed by atoms with Crippen molar-refractivity contribution in [2.45, 2.75) is 39.3 Å². The molecule has 0 saturated heterocycles. The van der Waals surface area contributed by atoms with Crippen molar-refractivity contribution in [1.29, 1.82) is 0 Å². The highest BCUT2D eigenvalue weighted by Gasteiger charge is 2.01. The number of benzene rings is 1.